The first-order valence-corrected chi connectivity index (χ1v) is 10.4. The fraction of sp³-hybridized carbons (Fsp3) is 0.261. The average Bonchev–Trinajstić information content (AvgIpc) is 3.35. The predicted molar refractivity (Wildman–Crippen MR) is 111 cm³/mol. The van der Waals surface area contributed by atoms with Crippen molar-refractivity contribution >= 4 is 29.5 Å². The third-order valence-electron chi connectivity index (χ3n) is 5.83. The standard InChI is InChI=1S/C23H19N3O7/c27-18-7-5-15(21(29)25-18)26-22(30)14-3-1-2-13(20(14)23(26)31)10-24-19(28)9-12-4-6-16-17(8-12)33-11-32-16/h1-4,6,8,15H,5,7,9-11H2,(H,24,28)(H,25,27,29). The Bertz CT molecular complexity index is 1220. The maximum Gasteiger partial charge on any atom is 0.262 e. The summed E-state index contributed by atoms with van der Waals surface area (Å²) in [6.45, 7) is 0.182. The molecule has 1 fully saturated rings. The van der Waals surface area contributed by atoms with Gasteiger partial charge in [0, 0.05) is 13.0 Å². The highest BCUT2D eigenvalue weighted by molar-refractivity contribution is 6.24. The van der Waals surface area contributed by atoms with E-state index in [2.05, 4.69) is 10.6 Å². The molecule has 33 heavy (non-hydrogen) atoms. The third-order valence-corrected chi connectivity index (χ3v) is 5.83. The van der Waals surface area contributed by atoms with Crippen molar-refractivity contribution in [2.45, 2.75) is 31.8 Å². The van der Waals surface area contributed by atoms with Gasteiger partial charge < -0.3 is 14.8 Å². The van der Waals surface area contributed by atoms with Crippen molar-refractivity contribution in [3.63, 3.8) is 0 Å². The van der Waals surface area contributed by atoms with Gasteiger partial charge in [-0.2, -0.15) is 0 Å². The Kier molecular flexibility index (Phi) is 5.04. The second-order valence-corrected chi connectivity index (χ2v) is 7.93. The summed E-state index contributed by atoms with van der Waals surface area (Å²) in [6.07, 6.45) is 0.227. The van der Waals surface area contributed by atoms with Crippen molar-refractivity contribution in [2.75, 3.05) is 6.79 Å². The fourth-order valence-corrected chi connectivity index (χ4v) is 4.22. The summed E-state index contributed by atoms with van der Waals surface area (Å²) >= 11 is 0. The van der Waals surface area contributed by atoms with E-state index in [0.29, 0.717) is 17.1 Å². The number of carbonyl (C=O) groups excluding carboxylic acids is 5. The van der Waals surface area contributed by atoms with Crippen LogP contribution in [0.4, 0.5) is 0 Å². The molecular formula is C23H19N3O7. The lowest BCUT2D eigenvalue weighted by Crippen LogP contribution is -2.54. The quantitative estimate of drug-likeness (QED) is 0.642. The number of nitrogens with one attached hydrogen (secondary N) is 2. The summed E-state index contributed by atoms with van der Waals surface area (Å²) in [6, 6.07) is 9.00. The van der Waals surface area contributed by atoms with Crippen LogP contribution in [0.1, 0.15) is 44.7 Å². The van der Waals surface area contributed by atoms with Gasteiger partial charge in [-0.25, -0.2) is 0 Å². The number of benzene rings is 2. The number of hydrogen-bond acceptors (Lipinski definition) is 7. The van der Waals surface area contributed by atoms with E-state index in [9.17, 15) is 24.0 Å². The summed E-state index contributed by atoms with van der Waals surface area (Å²) in [5.41, 5.74) is 1.55. The second-order valence-electron chi connectivity index (χ2n) is 7.93. The molecule has 0 saturated carbocycles. The van der Waals surface area contributed by atoms with E-state index >= 15 is 0 Å². The molecule has 5 amide bonds. The van der Waals surface area contributed by atoms with Crippen LogP contribution in [0.3, 0.4) is 0 Å². The van der Waals surface area contributed by atoms with E-state index in [-0.39, 0.29) is 49.6 Å². The minimum atomic E-state index is -1.04. The fourth-order valence-electron chi connectivity index (χ4n) is 4.22. The van der Waals surface area contributed by atoms with Crippen molar-refractivity contribution < 1.29 is 33.4 Å². The largest absolute Gasteiger partial charge is 0.454 e. The zero-order valence-electron chi connectivity index (χ0n) is 17.4. The first kappa shape index (κ1) is 20.7. The lowest BCUT2D eigenvalue weighted by molar-refractivity contribution is -0.136. The maximum atomic E-state index is 13.1. The highest BCUT2D eigenvalue weighted by Gasteiger charge is 2.45. The Balaban J connectivity index is 1.29. The monoisotopic (exact) mass is 449 g/mol. The van der Waals surface area contributed by atoms with Gasteiger partial charge in [0.1, 0.15) is 6.04 Å². The normalized spacial score (nSPS) is 18.9. The van der Waals surface area contributed by atoms with Gasteiger partial charge >= 0.3 is 0 Å². The zero-order chi connectivity index (χ0) is 23.1. The molecular weight excluding hydrogens is 430 g/mol. The number of hydrogen-bond donors (Lipinski definition) is 2. The van der Waals surface area contributed by atoms with Crippen LogP contribution in [-0.4, -0.2) is 47.3 Å². The molecule has 0 aliphatic carbocycles. The van der Waals surface area contributed by atoms with Gasteiger partial charge in [-0.3, -0.25) is 34.2 Å². The average molecular weight is 449 g/mol. The molecule has 3 aliphatic rings. The van der Waals surface area contributed by atoms with Gasteiger partial charge in [-0.15, -0.1) is 0 Å². The maximum absolute atomic E-state index is 13.1. The number of imide groups is 2. The number of carbonyl (C=O) groups is 5. The van der Waals surface area contributed by atoms with Crippen LogP contribution >= 0.6 is 0 Å². The second kappa shape index (κ2) is 8.05. The van der Waals surface area contributed by atoms with E-state index in [1.165, 1.54) is 6.07 Å². The molecule has 10 nitrogen and oxygen atoms in total. The van der Waals surface area contributed by atoms with Crippen LogP contribution in [0, 0.1) is 0 Å². The third kappa shape index (κ3) is 3.69. The van der Waals surface area contributed by atoms with Gasteiger partial charge in [0.05, 0.1) is 17.5 Å². The molecule has 0 radical (unpaired) electrons. The lowest BCUT2D eigenvalue weighted by atomic mass is 10.0. The number of ether oxygens (including phenoxy) is 2. The summed E-state index contributed by atoms with van der Waals surface area (Å²) in [7, 11) is 0. The molecule has 2 aromatic rings. The van der Waals surface area contributed by atoms with Crippen molar-refractivity contribution in [1.29, 1.82) is 0 Å². The van der Waals surface area contributed by atoms with Gasteiger partial charge in [0.15, 0.2) is 11.5 Å². The molecule has 0 aromatic heterocycles. The molecule has 2 N–H and O–H groups in total. The number of nitrogens with zero attached hydrogens (tertiary/aromatic N) is 1. The van der Waals surface area contributed by atoms with Crippen LogP contribution in [0.15, 0.2) is 36.4 Å². The van der Waals surface area contributed by atoms with E-state index in [1.54, 1.807) is 30.3 Å². The minimum Gasteiger partial charge on any atom is -0.454 e. The number of amides is 5. The van der Waals surface area contributed by atoms with Gasteiger partial charge in [-0.05, 0) is 35.7 Å². The van der Waals surface area contributed by atoms with Crippen molar-refractivity contribution in [2.24, 2.45) is 0 Å². The molecule has 1 saturated heterocycles. The van der Waals surface area contributed by atoms with Gasteiger partial charge in [0.2, 0.25) is 24.5 Å². The first-order chi connectivity index (χ1) is 15.9. The molecule has 2 aromatic carbocycles. The Labute approximate surface area is 187 Å². The summed E-state index contributed by atoms with van der Waals surface area (Å²) in [5, 5.41) is 4.94. The predicted octanol–water partition coefficient (Wildman–Crippen LogP) is 0.675. The Morgan fingerprint density at radius 3 is 2.70 bits per heavy atom. The molecule has 3 heterocycles. The van der Waals surface area contributed by atoms with E-state index in [1.807, 2.05) is 0 Å². The van der Waals surface area contributed by atoms with E-state index in [4.69, 9.17) is 9.47 Å². The highest BCUT2D eigenvalue weighted by atomic mass is 16.7. The zero-order valence-corrected chi connectivity index (χ0v) is 17.4. The molecule has 168 valence electrons. The molecule has 1 atom stereocenters. The van der Waals surface area contributed by atoms with Crippen LogP contribution in [0.25, 0.3) is 0 Å². The minimum absolute atomic E-state index is 0.0365. The van der Waals surface area contributed by atoms with E-state index in [0.717, 1.165) is 10.5 Å². The number of fused-ring (bicyclic) bond motifs is 2. The van der Waals surface area contributed by atoms with Gasteiger partial charge in [-0.1, -0.05) is 18.2 Å². The Morgan fingerprint density at radius 1 is 1.06 bits per heavy atom. The molecule has 5 rings (SSSR count). The van der Waals surface area contributed by atoms with Crippen LogP contribution in [-0.2, 0) is 27.3 Å². The van der Waals surface area contributed by atoms with Crippen LogP contribution < -0.4 is 20.1 Å². The van der Waals surface area contributed by atoms with Crippen LogP contribution in [0.5, 0.6) is 11.5 Å². The summed E-state index contributed by atoms with van der Waals surface area (Å²) in [4.78, 5) is 63.0. The molecule has 0 bridgehead atoms. The first-order valence-electron chi connectivity index (χ1n) is 10.4. The number of piperidine rings is 1. The summed E-state index contributed by atoms with van der Waals surface area (Å²) < 4.78 is 10.6. The molecule has 1 unspecified atom stereocenters. The van der Waals surface area contributed by atoms with Gasteiger partial charge in [0.25, 0.3) is 11.8 Å². The SMILES string of the molecule is O=C(Cc1ccc2c(c1)OCO2)NCc1cccc2c1C(=O)N(C1CCC(=O)NC1=O)C2=O. The molecule has 3 aliphatic heterocycles. The summed E-state index contributed by atoms with van der Waals surface area (Å²) in [5.74, 6) is -1.35. The Hall–Kier alpha value is -4.21. The smallest absolute Gasteiger partial charge is 0.262 e. The Morgan fingerprint density at radius 2 is 1.88 bits per heavy atom. The lowest BCUT2D eigenvalue weighted by Gasteiger charge is -2.27. The van der Waals surface area contributed by atoms with E-state index < -0.39 is 29.7 Å². The van der Waals surface area contributed by atoms with Crippen molar-refractivity contribution in [3.05, 3.63) is 58.7 Å². The molecule has 0 spiro atoms. The highest BCUT2D eigenvalue weighted by Crippen LogP contribution is 2.33. The van der Waals surface area contributed by atoms with Crippen molar-refractivity contribution in [1.82, 2.24) is 15.5 Å². The van der Waals surface area contributed by atoms with Crippen LogP contribution in [0.2, 0.25) is 0 Å². The molecule has 10 heteroatoms. The number of rotatable bonds is 5. The van der Waals surface area contributed by atoms with Crippen molar-refractivity contribution in [3.8, 4) is 11.5 Å². The topological polar surface area (TPSA) is 131 Å².